The van der Waals surface area contributed by atoms with Gasteiger partial charge in [0, 0.05) is 11.8 Å². The Labute approximate surface area is 247 Å². The van der Waals surface area contributed by atoms with E-state index in [1.807, 2.05) is 43.3 Å². The zero-order valence-electron chi connectivity index (χ0n) is 23.8. The summed E-state index contributed by atoms with van der Waals surface area (Å²) < 4.78 is 58.4. The standard InChI is InChI=1S/C30H36N2O9S/c1-4-13-39-28-25(38-14-12-31-30(33)40-19-20-8-6-5-7-9-20)15-21(17-27(28)42(34)35)23-10-11-24(41-23)22-16-26(36-2)29(37-3)32-18-22/h5-9,15-18,23-24H,4,10-14,19H2,1-3H3,(H,31,33)(H,34,35)/p-1/t23-,24-/m0/s1. The Bertz CT molecular complexity index is 1360. The topological polar surface area (TPSA) is 138 Å². The highest BCUT2D eigenvalue weighted by molar-refractivity contribution is 7.79. The van der Waals surface area contributed by atoms with Crippen molar-refractivity contribution in [1.29, 1.82) is 0 Å². The van der Waals surface area contributed by atoms with Crippen molar-refractivity contribution in [2.45, 2.75) is 49.9 Å². The van der Waals surface area contributed by atoms with Crippen LogP contribution in [0.3, 0.4) is 0 Å². The first-order chi connectivity index (χ1) is 20.4. The van der Waals surface area contributed by atoms with Gasteiger partial charge in [0.2, 0.25) is 0 Å². The lowest BCUT2D eigenvalue weighted by Crippen LogP contribution is -2.28. The number of nitrogens with zero attached hydrogens (tertiary/aromatic N) is 1. The first-order valence-electron chi connectivity index (χ1n) is 13.6. The first kappa shape index (κ1) is 31.1. The molecule has 2 aromatic carbocycles. The van der Waals surface area contributed by atoms with Crippen LogP contribution < -0.4 is 24.3 Å². The van der Waals surface area contributed by atoms with Crippen molar-refractivity contribution < 1.29 is 42.0 Å². The Morgan fingerprint density at radius 3 is 2.45 bits per heavy atom. The van der Waals surface area contributed by atoms with Gasteiger partial charge in [-0.15, -0.1) is 0 Å². The molecule has 42 heavy (non-hydrogen) atoms. The highest BCUT2D eigenvalue weighted by Crippen LogP contribution is 2.45. The van der Waals surface area contributed by atoms with Crippen LogP contribution >= 0.6 is 0 Å². The van der Waals surface area contributed by atoms with Gasteiger partial charge in [-0.3, -0.25) is 4.21 Å². The molecule has 0 radical (unpaired) electrons. The lowest BCUT2D eigenvalue weighted by atomic mass is 10.0. The van der Waals surface area contributed by atoms with Crippen molar-refractivity contribution in [3.63, 3.8) is 0 Å². The average Bonchev–Trinajstić information content (AvgIpc) is 3.51. The second-order valence-corrected chi connectivity index (χ2v) is 10.3. The molecule has 3 aromatic rings. The van der Waals surface area contributed by atoms with Crippen molar-refractivity contribution in [1.82, 2.24) is 10.3 Å². The van der Waals surface area contributed by atoms with Crippen LogP contribution in [0, 0.1) is 0 Å². The van der Waals surface area contributed by atoms with E-state index in [1.54, 1.807) is 25.4 Å². The fourth-order valence-corrected chi connectivity index (χ4v) is 5.04. The van der Waals surface area contributed by atoms with Crippen molar-refractivity contribution in [3.05, 3.63) is 71.4 Å². The van der Waals surface area contributed by atoms with E-state index in [-0.39, 0.29) is 48.4 Å². The van der Waals surface area contributed by atoms with Gasteiger partial charge in [-0.1, -0.05) is 37.3 Å². The summed E-state index contributed by atoms with van der Waals surface area (Å²) in [4.78, 5) is 16.4. The molecule has 0 saturated carbocycles. The molecule has 3 atom stereocenters. The van der Waals surface area contributed by atoms with Crippen LogP contribution in [0.15, 0.2) is 59.6 Å². The molecule has 1 saturated heterocycles. The Morgan fingerprint density at radius 2 is 1.76 bits per heavy atom. The minimum Gasteiger partial charge on any atom is -0.768 e. The van der Waals surface area contributed by atoms with Gasteiger partial charge in [-0.05, 0) is 59.7 Å². The maximum atomic E-state index is 12.2. The van der Waals surface area contributed by atoms with Crippen molar-refractivity contribution in [3.8, 4) is 23.1 Å². The van der Waals surface area contributed by atoms with Crippen LogP contribution in [0.1, 0.15) is 55.1 Å². The Balaban J connectivity index is 1.45. The van der Waals surface area contributed by atoms with Gasteiger partial charge >= 0.3 is 6.09 Å². The number of benzene rings is 2. The van der Waals surface area contributed by atoms with E-state index in [2.05, 4.69) is 10.3 Å². The number of rotatable bonds is 14. The molecule has 1 N–H and O–H groups in total. The SMILES string of the molecule is CCCOc1c(OCCNC(=O)OCc2ccccc2)cc([C@@H]2CC[C@@H](c3cnc(OC)c(OC)c3)O2)cc1S(=O)[O-]. The quantitative estimate of drug-likeness (QED) is 0.198. The minimum atomic E-state index is -2.59. The summed E-state index contributed by atoms with van der Waals surface area (Å²) in [5.41, 5.74) is 2.34. The zero-order valence-corrected chi connectivity index (χ0v) is 24.6. The van der Waals surface area contributed by atoms with Crippen LogP contribution in [0.5, 0.6) is 23.1 Å². The van der Waals surface area contributed by atoms with E-state index < -0.39 is 17.2 Å². The van der Waals surface area contributed by atoms with Gasteiger partial charge in [-0.2, -0.15) is 0 Å². The Hall–Kier alpha value is -3.87. The first-order valence-corrected chi connectivity index (χ1v) is 14.7. The summed E-state index contributed by atoms with van der Waals surface area (Å²) in [5.74, 6) is 1.25. The summed E-state index contributed by atoms with van der Waals surface area (Å²) in [6, 6.07) is 14.4. The third kappa shape index (κ3) is 8.11. The molecule has 1 aromatic heterocycles. The van der Waals surface area contributed by atoms with Crippen LogP contribution in [0.2, 0.25) is 0 Å². The number of pyridine rings is 1. The molecular formula is C30H35N2O9S-. The van der Waals surface area contributed by atoms with E-state index in [0.717, 1.165) is 11.1 Å². The number of carbonyl (C=O) groups is 1. The summed E-state index contributed by atoms with van der Waals surface area (Å²) in [6.07, 6.45) is 2.45. The number of hydrogen-bond acceptors (Lipinski definition) is 10. The third-order valence-corrected chi connectivity index (χ3v) is 7.19. The third-order valence-electron chi connectivity index (χ3n) is 6.53. The van der Waals surface area contributed by atoms with Crippen LogP contribution in [-0.4, -0.2) is 53.8 Å². The zero-order chi connectivity index (χ0) is 29.9. The number of ether oxygens (including phenoxy) is 6. The number of methoxy groups -OCH3 is 2. The van der Waals surface area contributed by atoms with Gasteiger partial charge < -0.3 is 38.3 Å². The second-order valence-electron chi connectivity index (χ2n) is 9.44. The summed E-state index contributed by atoms with van der Waals surface area (Å²) >= 11 is -2.59. The van der Waals surface area contributed by atoms with Gasteiger partial charge in [-0.25, -0.2) is 9.78 Å². The van der Waals surface area contributed by atoms with E-state index in [4.69, 9.17) is 28.4 Å². The highest BCUT2D eigenvalue weighted by atomic mass is 32.2. The van der Waals surface area contributed by atoms with Crippen LogP contribution in [0.25, 0.3) is 0 Å². The Kier molecular flexibility index (Phi) is 11.4. The maximum absolute atomic E-state index is 12.2. The monoisotopic (exact) mass is 599 g/mol. The van der Waals surface area contributed by atoms with E-state index >= 15 is 0 Å². The van der Waals surface area contributed by atoms with Crippen molar-refractivity contribution in [2.75, 3.05) is 34.0 Å². The largest absolute Gasteiger partial charge is 0.768 e. The molecule has 2 heterocycles. The smallest absolute Gasteiger partial charge is 0.407 e. The van der Waals surface area contributed by atoms with Crippen molar-refractivity contribution in [2.24, 2.45) is 0 Å². The number of amides is 1. The van der Waals surface area contributed by atoms with Gasteiger partial charge in [0.25, 0.3) is 5.88 Å². The summed E-state index contributed by atoms with van der Waals surface area (Å²) in [6.45, 7) is 2.56. The van der Waals surface area contributed by atoms with Crippen LogP contribution in [0.4, 0.5) is 4.79 Å². The molecular weight excluding hydrogens is 564 g/mol. The number of aromatic nitrogens is 1. The number of alkyl carbamates (subject to hydrolysis) is 1. The Morgan fingerprint density at radius 1 is 1.02 bits per heavy atom. The summed E-state index contributed by atoms with van der Waals surface area (Å²) in [7, 11) is 3.06. The summed E-state index contributed by atoms with van der Waals surface area (Å²) in [5, 5.41) is 2.64. The molecule has 0 aliphatic carbocycles. The van der Waals surface area contributed by atoms with Gasteiger partial charge in [0.1, 0.15) is 13.2 Å². The molecule has 1 fully saturated rings. The predicted octanol–water partition coefficient (Wildman–Crippen LogP) is 5.02. The van der Waals surface area contributed by atoms with E-state index in [9.17, 15) is 13.6 Å². The molecule has 0 bridgehead atoms. The molecule has 0 spiro atoms. The molecule has 11 nitrogen and oxygen atoms in total. The van der Waals surface area contributed by atoms with Gasteiger partial charge in [0.15, 0.2) is 17.2 Å². The number of hydrogen-bond donors (Lipinski definition) is 1. The second kappa shape index (κ2) is 15.4. The number of carbonyl (C=O) groups excluding carboxylic acids is 1. The molecule has 4 rings (SSSR count). The normalized spacial score (nSPS) is 16.9. The molecule has 1 unspecified atom stereocenters. The maximum Gasteiger partial charge on any atom is 0.407 e. The predicted molar refractivity (Wildman–Crippen MR) is 153 cm³/mol. The van der Waals surface area contributed by atoms with E-state index in [1.165, 1.54) is 7.11 Å². The number of nitrogens with one attached hydrogen (secondary N) is 1. The molecule has 1 aliphatic heterocycles. The average molecular weight is 600 g/mol. The van der Waals surface area contributed by atoms with E-state index in [0.29, 0.717) is 43.1 Å². The molecule has 12 heteroatoms. The molecule has 1 aliphatic rings. The molecule has 226 valence electrons. The van der Waals surface area contributed by atoms with Crippen LogP contribution in [-0.2, 0) is 27.2 Å². The lowest BCUT2D eigenvalue weighted by Gasteiger charge is -2.21. The minimum absolute atomic E-state index is 0.0222. The van der Waals surface area contributed by atoms with Gasteiger partial charge in [0.05, 0.1) is 44.5 Å². The molecule has 1 amide bonds. The highest BCUT2D eigenvalue weighted by Gasteiger charge is 2.30. The fraction of sp³-hybridized carbons (Fsp3) is 0.400. The fourth-order valence-electron chi connectivity index (χ4n) is 4.50. The lowest BCUT2D eigenvalue weighted by molar-refractivity contribution is 0.0434. The van der Waals surface area contributed by atoms with Crippen molar-refractivity contribution >= 4 is 17.2 Å².